The van der Waals surface area contributed by atoms with Gasteiger partial charge < -0.3 is 21.7 Å². The van der Waals surface area contributed by atoms with E-state index in [0.29, 0.717) is 0 Å². The highest BCUT2D eigenvalue weighted by molar-refractivity contribution is 5.89. The Morgan fingerprint density at radius 3 is 1.93 bits per heavy atom. The number of aliphatic hydroxyl groups is 2. The fourth-order valence-corrected chi connectivity index (χ4v) is 1.12. The molecule has 0 fully saturated rings. The van der Waals surface area contributed by atoms with E-state index in [1.165, 1.54) is 0 Å². The molecule has 0 saturated heterocycles. The van der Waals surface area contributed by atoms with Crippen LogP contribution in [0.3, 0.4) is 0 Å². The maximum Gasteiger partial charge on any atom is 0.278 e. The van der Waals surface area contributed by atoms with Crippen molar-refractivity contribution in [2.75, 3.05) is 0 Å². The van der Waals surface area contributed by atoms with Crippen LogP contribution < -0.4 is 11.5 Å². The zero-order valence-electron chi connectivity index (χ0n) is 8.23. The molecule has 0 aliphatic rings. The Balaban J connectivity index is 4.82. The summed E-state index contributed by atoms with van der Waals surface area (Å²) in [7, 11) is 0. The number of nitrogens with two attached hydrogens (primary N) is 2. The third-order valence-corrected chi connectivity index (χ3v) is 1.90. The summed E-state index contributed by atoms with van der Waals surface area (Å²) in [6, 6.07) is 0. The first kappa shape index (κ1) is 12.9. The van der Waals surface area contributed by atoms with Gasteiger partial charge in [-0.3, -0.25) is 9.59 Å². The lowest BCUT2D eigenvalue weighted by molar-refractivity contribution is -0.205. The van der Waals surface area contributed by atoms with Gasteiger partial charge in [-0.05, 0) is 12.3 Å². The molecule has 6 nitrogen and oxygen atoms in total. The monoisotopic (exact) mass is 204 g/mol. The largest absolute Gasteiger partial charge is 0.369 e. The second-order valence-electron chi connectivity index (χ2n) is 3.67. The van der Waals surface area contributed by atoms with Crippen LogP contribution in [0.25, 0.3) is 0 Å². The predicted octanol–water partition coefficient (Wildman–Crippen LogP) is -1.70. The molecular formula is C8H16N2O4. The van der Waals surface area contributed by atoms with Gasteiger partial charge in [0.05, 0.1) is 0 Å². The third-order valence-electron chi connectivity index (χ3n) is 1.90. The molecule has 1 atom stereocenters. The maximum absolute atomic E-state index is 10.9. The molecule has 6 N–H and O–H groups in total. The molecule has 6 heteroatoms. The predicted molar refractivity (Wildman–Crippen MR) is 48.5 cm³/mol. The standard InChI is InChI=1S/C8H16N2O4/c1-4(2)3-5(6(9)11)8(13,14)7(10)12/h4-5,13-14H,3H2,1-2H3,(H2,9,11)(H2,10,12). The van der Waals surface area contributed by atoms with Crippen molar-refractivity contribution in [1.82, 2.24) is 0 Å². The van der Waals surface area contributed by atoms with E-state index < -0.39 is 23.5 Å². The SMILES string of the molecule is CC(C)CC(C(N)=O)C(O)(O)C(N)=O. The number of rotatable bonds is 5. The van der Waals surface area contributed by atoms with E-state index in [9.17, 15) is 19.8 Å². The second-order valence-corrected chi connectivity index (χ2v) is 3.67. The second kappa shape index (κ2) is 4.39. The van der Waals surface area contributed by atoms with Crippen molar-refractivity contribution in [3.63, 3.8) is 0 Å². The Morgan fingerprint density at radius 2 is 1.71 bits per heavy atom. The number of hydrogen-bond acceptors (Lipinski definition) is 4. The van der Waals surface area contributed by atoms with Crippen LogP contribution in [0.4, 0.5) is 0 Å². The molecule has 0 spiro atoms. The van der Waals surface area contributed by atoms with Gasteiger partial charge in [-0.2, -0.15) is 0 Å². The molecule has 1 unspecified atom stereocenters. The van der Waals surface area contributed by atoms with Gasteiger partial charge in [0.15, 0.2) is 0 Å². The molecule has 0 aromatic heterocycles. The Kier molecular flexibility index (Phi) is 4.03. The zero-order chi connectivity index (χ0) is 11.5. The van der Waals surface area contributed by atoms with Crippen LogP contribution in [0.15, 0.2) is 0 Å². The summed E-state index contributed by atoms with van der Waals surface area (Å²) in [6.07, 6.45) is 0.0886. The van der Waals surface area contributed by atoms with E-state index in [0.717, 1.165) is 0 Å². The highest BCUT2D eigenvalue weighted by Crippen LogP contribution is 2.22. The average molecular weight is 204 g/mol. The van der Waals surface area contributed by atoms with Crippen LogP contribution >= 0.6 is 0 Å². The lowest BCUT2D eigenvalue weighted by Gasteiger charge is -2.26. The number of primary amides is 2. The van der Waals surface area contributed by atoms with Gasteiger partial charge in [0.2, 0.25) is 5.91 Å². The van der Waals surface area contributed by atoms with Crippen LogP contribution in [0.5, 0.6) is 0 Å². The number of hydrogen-bond donors (Lipinski definition) is 4. The lowest BCUT2D eigenvalue weighted by Crippen LogP contribution is -2.54. The van der Waals surface area contributed by atoms with Crippen molar-refractivity contribution in [3.05, 3.63) is 0 Å². The third kappa shape index (κ3) is 2.97. The molecule has 0 radical (unpaired) electrons. The van der Waals surface area contributed by atoms with Gasteiger partial charge in [-0.15, -0.1) is 0 Å². The lowest BCUT2D eigenvalue weighted by atomic mass is 9.88. The van der Waals surface area contributed by atoms with Crippen LogP contribution in [0.2, 0.25) is 0 Å². The highest BCUT2D eigenvalue weighted by Gasteiger charge is 2.44. The summed E-state index contributed by atoms with van der Waals surface area (Å²) in [5.41, 5.74) is 9.68. The minimum atomic E-state index is -2.86. The van der Waals surface area contributed by atoms with E-state index in [-0.39, 0.29) is 12.3 Å². The molecule has 0 heterocycles. The van der Waals surface area contributed by atoms with Gasteiger partial charge in [0.1, 0.15) is 5.92 Å². The van der Waals surface area contributed by atoms with Crippen molar-refractivity contribution in [1.29, 1.82) is 0 Å². The summed E-state index contributed by atoms with van der Waals surface area (Å²) in [5, 5.41) is 18.5. The molecule has 0 aromatic rings. The zero-order valence-corrected chi connectivity index (χ0v) is 8.23. The fraction of sp³-hybridized carbons (Fsp3) is 0.750. The average Bonchev–Trinajstić information content (AvgIpc) is 1.98. The summed E-state index contributed by atoms with van der Waals surface area (Å²) >= 11 is 0. The van der Waals surface area contributed by atoms with Crippen molar-refractivity contribution in [2.24, 2.45) is 23.3 Å². The molecule has 0 aliphatic carbocycles. The first-order valence-electron chi connectivity index (χ1n) is 4.23. The van der Waals surface area contributed by atoms with E-state index in [2.05, 4.69) is 0 Å². The summed E-state index contributed by atoms with van der Waals surface area (Å²) in [5.74, 6) is -6.58. The summed E-state index contributed by atoms with van der Waals surface area (Å²) in [6.45, 7) is 3.51. The molecule has 0 bridgehead atoms. The summed E-state index contributed by atoms with van der Waals surface area (Å²) < 4.78 is 0. The Bertz CT molecular complexity index is 237. The molecule has 0 rings (SSSR count). The maximum atomic E-state index is 10.9. The van der Waals surface area contributed by atoms with Crippen LogP contribution in [0.1, 0.15) is 20.3 Å². The van der Waals surface area contributed by atoms with Crippen LogP contribution in [0, 0.1) is 11.8 Å². The Labute approximate surface area is 81.9 Å². The fourth-order valence-electron chi connectivity index (χ4n) is 1.12. The van der Waals surface area contributed by atoms with E-state index in [4.69, 9.17) is 11.5 Å². The molecule has 0 aliphatic heterocycles. The molecule has 0 aromatic carbocycles. The minimum absolute atomic E-state index is 0.00877. The Hall–Kier alpha value is -1.14. The minimum Gasteiger partial charge on any atom is -0.369 e. The van der Waals surface area contributed by atoms with Crippen molar-refractivity contribution >= 4 is 11.8 Å². The number of amides is 2. The normalized spacial score (nSPS) is 14.1. The van der Waals surface area contributed by atoms with Crippen molar-refractivity contribution < 1.29 is 19.8 Å². The van der Waals surface area contributed by atoms with Gasteiger partial charge in [0, 0.05) is 0 Å². The van der Waals surface area contributed by atoms with Crippen LogP contribution in [-0.2, 0) is 9.59 Å². The summed E-state index contributed by atoms with van der Waals surface area (Å²) in [4.78, 5) is 21.5. The first-order chi connectivity index (χ1) is 6.19. The van der Waals surface area contributed by atoms with Crippen molar-refractivity contribution in [2.45, 2.75) is 26.1 Å². The van der Waals surface area contributed by atoms with E-state index >= 15 is 0 Å². The number of carbonyl (C=O) groups is 2. The van der Waals surface area contributed by atoms with Crippen LogP contribution in [-0.4, -0.2) is 27.8 Å². The number of carbonyl (C=O) groups excluding carboxylic acids is 2. The topological polar surface area (TPSA) is 127 Å². The van der Waals surface area contributed by atoms with E-state index in [1.807, 2.05) is 0 Å². The van der Waals surface area contributed by atoms with Gasteiger partial charge in [0.25, 0.3) is 11.7 Å². The quantitative estimate of drug-likeness (QED) is 0.398. The molecule has 82 valence electrons. The molecule has 14 heavy (non-hydrogen) atoms. The van der Waals surface area contributed by atoms with Gasteiger partial charge >= 0.3 is 0 Å². The smallest absolute Gasteiger partial charge is 0.278 e. The molecular weight excluding hydrogens is 188 g/mol. The molecule has 2 amide bonds. The Morgan fingerprint density at radius 1 is 1.29 bits per heavy atom. The van der Waals surface area contributed by atoms with E-state index in [1.54, 1.807) is 13.8 Å². The highest BCUT2D eigenvalue weighted by atomic mass is 16.5. The molecule has 0 saturated carbocycles. The van der Waals surface area contributed by atoms with Gasteiger partial charge in [-0.1, -0.05) is 13.8 Å². The van der Waals surface area contributed by atoms with Gasteiger partial charge in [-0.25, -0.2) is 0 Å². The first-order valence-corrected chi connectivity index (χ1v) is 4.23. The van der Waals surface area contributed by atoms with Crippen molar-refractivity contribution in [3.8, 4) is 0 Å².